The van der Waals surface area contributed by atoms with Crippen molar-refractivity contribution in [3.8, 4) is 11.5 Å². The number of aromatic hydroxyl groups is 1. The quantitative estimate of drug-likeness (QED) is 0.207. The lowest BCUT2D eigenvalue weighted by molar-refractivity contribution is 0.0732. The Morgan fingerprint density at radius 2 is 1.83 bits per heavy atom. The van der Waals surface area contributed by atoms with E-state index in [2.05, 4.69) is 42.4 Å². The van der Waals surface area contributed by atoms with Crippen molar-refractivity contribution >= 4 is 50.0 Å². The van der Waals surface area contributed by atoms with Crippen molar-refractivity contribution in [2.45, 2.75) is 0 Å². The van der Waals surface area contributed by atoms with Crippen molar-refractivity contribution in [3.05, 3.63) is 92.1 Å². The minimum Gasteiger partial charge on any atom is -0.507 e. The molecule has 0 radical (unpaired) electrons. The largest absolute Gasteiger partial charge is 0.507 e. The topological polar surface area (TPSA) is 88.0 Å². The Morgan fingerprint density at radius 1 is 1.07 bits per heavy atom. The van der Waals surface area contributed by atoms with Crippen molar-refractivity contribution in [3.63, 3.8) is 0 Å². The third-order valence-corrected chi connectivity index (χ3v) is 4.86. The van der Waals surface area contributed by atoms with Gasteiger partial charge in [-0.05, 0) is 58.4 Å². The number of amides is 1. The first-order valence-corrected chi connectivity index (χ1v) is 10.0. The van der Waals surface area contributed by atoms with Crippen LogP contribution in [0.25, 0.3) is 0 Å². The monoisotopic (exact) mass is 534 g/mol. The summed E-state index contributed by atoms with van der Waals surface area (Å²) in [5.41, 5.74) is 2.76. The Balaban J connectivity index is 1.82. The van der Waals surface area contributed by atoms with Gasteiger partial charge in [-0.2, -0.15) is 5.10 Å². The summed E-state index contributed by atoms with van der Waals surface area (Å²) in [5.74, 6) is -1.98. The van der Waals surface area contributed by atoms with Crippen molar-refractivity contribution in [1.82, 2.24) is 5.43 Å². The van der Waals surface area contributed by atoms with Crippen LogP contribution in [0.3, 0.4) is 0 Å². The summed E-state index contributed by atoms with van der Waals surface area (Å²) in [5, 5.41) is 13.6. The number of carbonyl (C=O) groups excluding carboxylic acids is 2. The van der Waals surface area contributed by atoms with Gasteiger partial charge in [0.1, 0.15) is 11.6 Å². The predicted molar refractivity (Wildman–Crippen MR) is 116 cm³/mol. The Kier molecular flexibility index (Phi) is 6.96. The van der Waals surface area contributed by atoms with Gasteiger partial charge in [-0.3, -0.25) is 4.79 Å². The molecule has 3 rings (SSSR count). The van der Waals surface area contributed by atoms with Gasteiger partial charge in [0.25, 0.3) is 5.91 Å². The first kappa shape index (κ1) is 21.7. The molecule has 0 saturated carbocycles. The molecule has 152 valence electrons. The van der Waals surface area contributed by atoms with E-state index in [-0.39, 0.29) is 22.6 Å². The van der Waals surface area contributed by atoms with Gasteiger partial charge in [-0.15, -0.1) is 0 Å². The van der Waals surface area contributed by atoms with Gasteiger partial charge in [0.05, 0.1) is 21.8 Å². The third-order valence-electron chi connectivity index (χ3n) is 3.81. The number of carbonyl (C=O) groups is 2. The molecule has 2 N–H and O–H groups in total. The fraction of sp³-hybridized carbons (Fsp3) is 0. The molecule has 0 bridgehead atoms. The number of halogens is 3. The summed E-state index contributed by atoms with van der Waals surface area (Å²) in [6.07, 6.45) is 1.28. The highest BCUT2D eigenvalue weighted by Gasteiger charge is 2.16. The van der Waals surface area contributed by atoms with E-state index >= 15 is 0 Å². The molecular weight excluding hydrogens is 523 g/mol. The second-order valence-corrected chi connectivity index (χ2v) is 7.69. The molecule has 9 heteroatoms. The zero-order chi connectivity index (χ0) is 21.7. The third kappa shape index (κ3) is 5.31. The highest BCUT2D eigenvalue weighted by atomic mass is 79.9. The van der Waals surface area contributed by atoms with E-state index in [0.717, 1.165) is 6.07 Å². The lowest BCUT2D eigenvalue weighted by atomic mass is 10.2. The number of hydrogen-bond donors (Lipinski definition) is 2. The first-order chi connectivity index (χ1) is 14.3. The summed E-state index contributed by atoms with van der Waals surface area (Å²) >= 11 is 6.65. The van der Waals surface area contributed by atoms with Gasteiger partial charge in [-0.1, -0.05) is 34.1 Å². The van der Waals surface area contributed by atoms with E-state index in [1.54, 1.807) is 24.3 Å². The van der Waals surface area contributed by atoms with Gasteiger partial charge in [0.2, 0.25) is 0 Å². The molecule has 0 aliphatic heterocycles. The van der Waals surface area contributed by atoms with Gasteiger partial charge in [-0.25, -0.2) is 14.6 Å². The standard InChI is InChI=1S/C21H13Br2FN2O4/c22-14-8-13(11-25-26-20(28)16-6-1-2-7-18(16)27)19(17(23)10-14)30-21(29)12-4-3-5-15(24)9-12/h1-11,27H,(H,26,28). The fourth-order valence-corrected chi connectivity index (χ4v) is 3.78. The number of nitrogens with one attached hydrogen (secondary N) is 1. The SMILES string of the molecule is O=C(Oc1c(Br)cc(Br)cc1C=NNC(=O)c1ccccc1O)c1cccc(F)c1. The van der Waals surface area contributed by atoms with Gasteiger partial charge in [0.15, 0.2) is 5.75 Å². The average Bonchev–Trinajstić information content (AvgIpc) is 2.70. The number of hydrogen-bond acceptors (Lipinski definition) is 5. The molecule has 0 fully saturated rings. The lowest BCUT2D eigenvalue weighted by Crippen LogP contribution is -2.18. The number of phenols is 1. The molecule has 0 unspecified atom stereocenters. The zero-order valence-electron chi connectivity index (χ0n) is 15.1. The predicted octanol–water partition coefficient (Wildman–Crippen LogP) is 5.04. The highest BCUT2D eigenvalue weighted by Crippen LogP contribution is 2.32. The maximum Gasteiger partial charge on any atom is 0.343 e. The second-order valence-electron chi connectivity index (χ2n) is 5.92. The van der Waals surface area contributed by atoms with Crippen LogP contribution in [0.4, 0.5) is 4.39 Å². The number of esters is 1. The smallest absolute Gasteiger partial charge is 0.343 e. The van der Waals surface area contributed by atoms with Crippen LogP contribution in [0.15, 0.2) is 74.7 Å². The van der Waals surface area contributed by atoms with Crippen molar-refractivity contribution in [2.75, 3.05) is 0 Å². The molecule has 1 amide bonds. The van der Waals surface area contributed by atoms with Crippen LogP contribution in [-0.2, 0) is 0 Å². The number of nitrogens with zero attached hydrogens (tertiary/aromatic N) is 1. The Morgan fingerprint density at radius 3 is 2.57 bits per heavy atom. The van der Waals surface area contributed by atoms with E-state index in [1.165, 1.54) is 36.5 Å². The van der Waals surface area contributed by atoms with Crippen LogP contribution in [0.2, 0.25) is 0 Å². The molecule has 0 aliphatic carbocycles. The van der Waals surface area contributed by atoms with Crippen LogP contribution in [0.1, 0.15) is 26.3 Å². The van der Waals surface area contributed by atoms with Gasteiger partial charge >= 0.3 is 5.97 Å². The number of ether oxygens (including phenoxy) is 1. The molecule has 0 saturated heterocycles. The molecule has 0 spiro atoms. The summed E-state index contributed by atoms with van der Waals surface area (Å²) < 4.78 is 19.9. The van der Waals surface area contributed by atoms with Crippen LogP contribution >= 0.6 is 31.9 Å². The van der Waals surface area contributed by atoms with Crippen molar-refractivity contribution in [1.29, 1.82) is 0 Å². The van der Waals surface area contributed by atoms with E-state index in [0.29, 0.717) is 14.5 Å². The maximum atomic E-state index is 13.4. The summed E-state index contributed by atoms with van der Waals surface area (Å²) in [6, 6.07) is 14.4. The number of benzene rings is 3. The average molecular weight is 536 g/mol. The normalized spacial score (nSPS) is 10.8. The van der Waals surface area contributed by atoms with Crippen LogP contribution < -0.4 is 10.2 Å². The minimum atomic E-state index is -0.759. The number of para-hydroxylation sites is 1. The van der Waals surface area contributed by atoms with Crippen LogP contribution in [0, 0.1) is 5.82 Å². The molecule has 3 aromatic rings. The number of phenolic OH excluding ortho intramolecular Hbond substituents is 1. The molecule has 30 heavy (non-hydrogen) atoms. The maximum absolute atomic E-state index is 13.4. The van der Waals surface area contributed by atoms with Crippen molar-refractivity contribution < 1.29 is 23.8 Å². The second kappa shape index (κ2) is 9.64. The molecule has 0 aliphatic rings. The summed E-state index contributed by atoms with van der Waals surface area (Å²) in [6.45, 7) is 0. The zero-order valence-corrected chi connectivity index (χ0v) is 18.3. The summed E-state index contributed by atoms with van der Waals surface area (Å²) in [4.78, 5) is 24.5. The molecular formula is C21H13Br2FN2O4. The summed E-state index contributed by atoms with van der Waals surface area (Å²) in [7, 11) is 0. The molecule has 3 aromatic carbocycles. The number of hydrazone groups is 1. The number of rotatable bonds is 5. The minimum absolute atomic E-state index is 0.0422. The molecule has 0 aromatic heterocycles. The van der Waals surface area contributed by atoms with Crippen LogP contribution in [-0.4, -0.2) is 23.2 Å². The Bertz CT molecular complexity index is 1150. The Hall–Kier alpha value is -3.04. The van der Waals surface area contributed by atoms with E-state index in [4.69, 9.17) is 4.74 Å². The van der Waals surface area contributed by atoms with E-state index in [9.17, 15) is 19.1 Å². The first-order valence-electron chi connectivity index (χ1n) is 8.43. The van der Waals surface area contributed by atoms with Gasteiger partial charge in [0, 0.05) is 10.0 Å². The van der Waals surface area contributed by atoms with Gasteiger partial charge < -0.3 is 9.84 Å². The van der Waals surface area contributed by atoms with E-state index < -0.39 is 17.7 Å². The van der Waals surface area contributed by atoms with E-state index in [1.807, 2.05) is 0 Å². The molecule has 0 atom stereocenters. The lowest BCUT2D eigenvalue weighted by Gasteiger charge is -2.10. The fourth-order valence-electron chi connectivity index (χ4n) is 2.44. The molecule has 6 nitrogen and oxygen atoms in total. The highest BCUT2D eigenvalue weighted by molar-refractivity contribution is 9.11. The van der Waals surface area contributed by atoms with Crippen LogP contribution in [0.5, 0.6) is 11.5 Å². The molecule has 0 heterocycles. The Labute approximate surface area is 187 Å². The van der Waals surface area contributed by atoms with Crippen molar-refractivity contribution in [2.24, 2.45) is 5.10 Å².